The van der Waals surface area contributed by atoms with Crippen LogP contribution in [0, 0.1) is 6.92 Å². The minimum Gasteiger partial charge on any atom is -0.382 e. The Labute approximate surface area is 121 Å². The van der Waals surface area contributed by atoms with E-state index in [4.69, 9.17) is 14.2 Å². The van der Waals surface area contributed by atoms with Crippen molar-refractivity contribution in [1.82, 2.24) is 19.5 Å². The molecule has 21 heavy (non-hydrogen) atoms. The topological polar surface area (TPSA) is 91.3 Å². The normalized spacial score (nSPS) is 25.8. The van der Waals surface area contributed by atoms with E-state index in [0.29, 0.717) is 30.0 Å². The number of aryl methyl sites for hydroxylation is 1. The van der Waals surface area contributed by atoms with Crippen molar-refractivity contribution in [1.29, 1.82) is 0 Å². The van der Waals surface area contributed by atoms with Gasteiger partial charge in [-0.25, -0.2) is 9.97 Å². The highest BCUT2D eigenvalue weighted by Crippen LogP contribution is 2.31. The average Bonchev–Trinajstić information content (AvgIpc) is 3.02. The van der Waals surface area contributed by atoms with Gasteiger partial charge in [-0.3, -0.25) is 9.36 Å². The standard InChI is InChI=1S/C13H18N4O4/c1-7-15-12-11(13(18)16-7)14-6-17(12)10-4-8(20-3)9(21-10)5-19-2/h6,8-10H,4-5H2,1-3H3,(H,15,16,18)/t8-,9-,10-/m1/s1. The third-order valence-corrected chi connectivity index (χ3v) is 3.68. The summed E-state index contributed by atoms with van der Waals surface area (Å²) in [7, 11) is 3.28. The fourth-order valence-corrected chi connectivity index (χ4v) is 2.68. The van der Waals surface area contributed by atoms with E-state index in [0.717, 1.165) is 0 Å². The van der Waals surface area contributed by atoms with E-state index in [-0.39, 0.29) is 24.0 Å². The molecule has 3 heterocycles. The SMILES string of the molecule is COC[C@H]1O[C@@H](n2cnc3c(=O)[nH]c(C)nc32)C[C@H]1OC. The van der Waals surface area contributed by atoms with Crippen molar-refractivity contribution < 1.29 is 14.2 Å². The summed E-state index contributed by atoms with van der Waals surface area (Å²) in [5.41, 5.74) is 0.591. The van der Waals surface area contributed by atoms with Crippen molar-refractivity contribution in [3.05, 3.63) is 22.5 Å². The van der Waals surface area contributed by atoms with Crippen LogP contribution in [0.1, 0.15) is 18.5 Å². The van der Waals surface area contributed by atoms with Gasteiger partial charge in [0.1, 0.15) is 18.2 Å². The molecule has 0 saturated carbocycles. The minimum atomic E-state index is -0.270. The first-order valence-corrected chi connectivity index (χ1v) is 6.74. The summed E-state index contributed by atoms with van der Waals surface area (Å²) in [6.45, 7) is 2.19. The Hall–Kier alpha value is -1.77. The lowest BCUT2D eigenvalue weighted by molar-refractivity contribution is -0.0597. The molecule has 114 valence electrons. The fourth-order valence-electron chi connectivity index (χ4n) is 2.68. The van der Waals surface area contributed by atoms with E-state index in [9.17, 15) is 4.79 Å². The molecule has 1 aliphatic heterocycles. The van der Waals surface area contributed by atoms with Gasteiger partial charge in [0, 0.05) is 20.6 Å². The van der Waals surface area contributed by atoms with E-state index >= 15 is 0 Å². The lowest BCUT2D eigenvalue weighted by Gasteiger charge is -2.16. The summed E-state index contributed by atoms with van der Waals surface area (Å²) in [5.74, 6) is 0.545. The molecular formula is C13H18N4O4. The van der Waals surface area contributed by atoms with Gasteiger partial charge < -0.3 is 19.2 Å². The van der Waals surface area contributed by atoms with Gasteiger partial charge in [-0.15, -0.1) is 0 Å². The zero-order chi connectivity index (χ0) is 15.0. The molecule has 0 radical (unpaired) electrons. The van der Waals surface area contributed by atoms with Gasteiger partial charge in [-0.1, -0.05) is 0 Å². The van der Waals surface area contributed by atoms with Gasteiger partial charge in [0.05, 0.1) is 19.0 Å². The highest BCUT2D eigenvalue weighted by atomic mass is 16.6. The molecular weight excluding hydrogens is 276 g/mol. The Balaban J connectivity index is 1.96. The monoisotopic (exact) mass is 294 g/mol. The van der Waals surface area contributed by atoms with Crippen LogP contribution in [0.25, 0.3) is 11.2 Å². The number of methoxy groups -OCH3 is 2. The van der Waals surface area contributed by atoms with Crippen LogP contribution >= 0.6 is 0 Å². The summed E-state index contributed by atoms with van der Waals surface area (Å²) in [5, 5.41) is 0. The maximum absolute atomic E-state index is 11.9. The third-order valence-electron chi connectivity index (χ3n) is 3.68. The zero-order valence-electron chi connectivity index (χ0n) is 12.2. The van der Waals surface area contributed by atoms with E-state index in [2.05, 4.69) is 15.0 Å². The van der Waals surface area contributed by atoms with E-state index < -0.39 is 0 Å². The molecule has 0 spiro atoms. The summed E-state index contributed by atoms with van der Waals surface area (Å²) in [6.07, 6.45) is 1.76. The van der Waals surface area contributed by atoms with Crippen molar-refractivity contribution in [2.45, 2.75) is 31.8 Å². The van der Waals surface area contributed by atoms with Crippen LogP contribution in [0.4, 0.5) is 0 Å². The third kappa shape index (κ3) is 2.45. The first kappa shape index (κ1) is 14.2. The number of rotatable bonds is 4. The Bertz CT molecular complexity index is 695. The summed E-state index contributed by atoms with van der Waals surface area (Å²) < 4.78 is 18.3. The molecule has 8 nitrogen and oxygen atoms in total. The summed E-state index contributed by atoms with van der Waals surface area (Å²) in [6, 6.07) is 0. The highest BCUT2D eigenvalue weighted by Gasteiger charge is 2.37. The Morgan fingerprint density at radius 3 is 3.05 bits per heavy atom. The van der Waals surface area contributed by atoms with E-state index in [1.807, 2.05) is 0 Å². The predicted octanol–water partition coefficient (Wildman–Crippen LogP) is 0.377. The Kier molecular flexibility index (Phi) is 3.75. The van der Waals surface area contributed by atoms with Gasteiger partial charge in [0.15, 0.2) is 11.2 Å². The Morgan fingerprint density at radius 1 is 1.52 bits per heavy atom. The molecule has 8 heteroatoms. The fraction of sp³-hybridized carbons (Fsp3) is 0.615. The van der Waals surface area contributed by atoms with Crippen LogP contribution in [0.3, 0.4) is 0 Å². The van der Waals surface area contributed by atoms with Gasteiger partial charge in [-0.2, -0.15) is 0 Å². The number of aromatic nitrogens is 4. The maximum atomic E-state index is 11.9. The van der Waals surface area contributed by atoms with Crippen LogP contribution in [0.2, 0.25) is 0 Å². The number of hydrogen-bond acceptors (Lipinski definition) is 6. The first-order valence-electron chi connectivity index (χ1n) is 6.74. The molecule has 0 aromatic carbocycles. The number of ether oxygens (including phenoxy) is 3. The second-order valence-electron chi connectivity index (χ2n) is 5.07. The molecule has 2 aromatic rings. The van der Waals surface area contributed by atoms with Crippen molar-refractivity contribution >= 4 is 11.2 Å². The lowest BCUT2D eigenvalue weighted by atomic mass is 10.2. The number of hydrogen-bond donors (Lipinski definition) is 1. The quantitative estimate of drug-likeness (QED) is 0.876. The second-order valence-corrected chi connectivity index (χ2v) is 5.07. The van der Waals surface area contributed by atoms with Crippen molar-refractivity contribution in [3.63, 3.8) is 0 Å². The molecule has 0 bridgehead atoms. The van der Waals surface area contributed by atoms with Crippen molar-refractivity contribution in [3.8, 4) is 0 Å². The zero-order valence-corrected chi connectivity index (χ0v) is 12.2. The van der Waals surface area contributed by atoms with Crippen molar-refractivity contribution in [2.24, 2.45) is 0 Å². The average molecular weight is 294 g/mol. The Morgan fingerprint density at radius 2 is 2.33 bits per heavy atom. The summed E-state index contributed by atoms with van der Waals surface area (Å²) in [4.78, 5) is 23.0. The van der Waals surface area contributed by atoms with Gasteiger partial charge in [-0.05, 0) is 6.92 Å². The summed E-state index contributed by atoms with van der Waals surface area (Å²) >= 11 is 0. The van der Waals surface area contributed by atoms with Gasteiger partial charge in [0.2, 0.25) is 0 Å². The number of nitrogens with zero attached hydrogens (tertiary/aromatic N) is 3. The molecule has 3 rings (SSSR count). The molecule has 0 aliphatic carbocycles. The van der Waals surface area contributed by atoms with Gasteiger partial charge >= 0.3 is 0 Å². The number of nitrogens with one attached hydrogen (secondary N) is 1. The maximum Gasteiger partial charge on any atom is 0.279 e. The molecule has 1 saturated heterocycles. The number of imidazole rings is 1. The lowest BCUT2D eigenvalue weighted by Crippen LogP contribution is -2.27. The molecule has 2 aromatic heterocycles. The predicted molar refractivity (Wildman–Crippen MR) is 74.1 cm³/mol. The minimum absolute atomic E-state index is 0.0597. The smallest absolute Gasteiger partial charge is 0.279 e. The van der Waals surface area contributed by atoms with Crippen LogP contribution < -0.4 is 5.56 Å². The van der Waals surface area contributed by atoms with Crippen LogP contribution in [0.5, 0.6) is 0 Å². The second kappa shape index (κ2) is 5.55. The first-order chi connectivity index (χ1) is 10.1. The highest BCUT2D eigenvalue weighted by molar-refractivity contribution is 5.69. The molecule has 0 amide bonds. The number of fused-ring (bicyclic) bond motifs is 1. The molecule has 1 fully saturated rings. The van der Waals surface area contributed by atoms with E-state index in [1.165, 1.54) is 0 Å². The molecule has 0 unspecified atom stereocenters. The van der Waals surface area contributed by atoms with Crippen LogP contribution in [0.15, 0.2) is 11.1 Å². The molecule has 1 N–H and O–H groups in total. The number of H-pyrrole nitrogens is 1. The largest absolute Gasteiger partial charge is 0.382 e. The van der Waals surface area contributed by atoms with Crippen molar-refractivity contribution in [2.75, 3.05) is 20.8 Å². The van der Waals surface area contributed by atoms with E-state index in [1.54, 1.807) is 32.0 Å². The molecule has 3 atom stereocenters. The molecule has 1 aliphatic rings. The van der Waals surface area contributed by atoms with Crippen LogP contribution in [-0.4, -0.2) is 52.6 Å². The number of aromatic amines is 1. The van der Waals surface area contributed by atoms with Crippen LogP contribution in [-0.2, 0) is 14.2 Å². The van der Waals surface area contributed by atoms with Gasteiger partial charge in [0.25, 0.3) is 5.56 Å².